The van der Waals surface area contributed by atoms with E-state index in [0.717, 1.165) is 24.5 Å². The summed E-state index contributed by atoms with van der Waals surface area (Å²) in [5.41, 5.74) is 1.11. The summed E-state index contributed by atoms with van der Waals surface area (Å²) in [6.45, 7) is 2.99. The zero-order valence-corrected chi connectivity index (χ0v) is 10.3. The quantitative estimate of drug-likeness (QED) is 0.720. The Bertz CT molecular complexity index is 261. The van der Waals surface area contributed by atoms with Gasteiger partial charge in [-0.2, -0.15) is 11.8 Å². The molecule has 0 aliphatic rings. The molecule has 0 spiro atoms. The highest BCUT2D eigenvalue weighted by Crippen LogP contribution is 2.15. The van der Waals surface area contributed by atoms with E-state index in [1.54, 1.807) is 0 Å². The van der Waals surface area contributed by atoms with Crippen molar-refractivity contribution < 1.29 is 4.74 Å². The van der Waals surface area contributed by atoms with E-state index >= 15 is 0 Å². The molecule has 0 aliphatic carbocycles. The molecule has 0 fully saturated rings. The number of benzene rings is 1. The molecule has 0 aliphatic heterocycles. The summed E-state index contributed by atoms with van der Waals surface area (Å²) in [6, 6.07) is 8.05. The number of hydrogen-bond acceptors (Lipinski definition) is 3. The lowest BCUT2D eigenvalue weighted by atomic mass is 10.3. The highest BCUT2D eigenvalue weighted by molar-refractivity contribution is 7.99. The Kier molecular flexibility index (Phi) is 6.09. The Hall–Kier alpha value is -0.830. The third-order valence-electron chi connectivity index (χ3n) is 2.05. The van der Waals surface area contributed by atoms with Crippen molar-refractivity contribution in [3.63, 3.8) is 0 Å². The van der Waals surface area contributed by atoms with Crippen LogP contribution in [0.2, 0.25) is 0 Å². The van der Waals surface area contributed by atoms with Gasteiger partial charge in [-0.05, 0) is 42.2 Å². The largest absolute Gasteiger partial charge is 0.494 e. The molecule has 0 radical (unpaired) electrons. The Balaban J connectivity index is 2.20. The summed E-state index contributed by atoms with van der Waals surface area (Å²) in [6.07, 6.45) is 1.12. The molecule has 0 unspecified atom stereocenters. The zero-order valence-electron chi connectivity index (χ0n) is 9.45. The van der Waals surface area contributed by atoms with Gasteiger partial charge in [0.2, 0.25) is 0 Å². The van der Waals surface area contributed by atoms with Gasteiger partial charge in [0.15, 0.2) is 0 Å². The van der Waals surface area contributed by atoms with Crippen molar-refractivity contribution in [3.05, 3.63) is 24.3 Å². The van der Waals surface area contributed by atoms with E-state index in [0.29, 0.717) is 0 Å². The van der Waals surface area contributed by atoms with E-state index < -0.39 is 0 Å². The van der Waals surface area contributed by atoms with Gasteiger partial charge < -0.3 is 10.1 Å². The second-order valence-corrected chi connectivity index (χ2v) is 4.57. The molecule has 84 valence electrons. The van der Waals surface area contributed by atoms with Crippen LogP contribution in [0.5, 0.6) is 5.75 Å². The summed E-state index contributed by atoms with van der Waals surface area (Å²) in [7, 11) is 1.91. The van der Waals surface area contributed by atoms with E-state index in [-0.39, 0.29) is 0 Å². The third-order valence-corrected chi connectivity index (χ3v) is 3.03. The number of thioether (sulfide) groups is 1. The maximum absolute atomic E-state index is 5.61. The first-order chi connectivity index (χ1) is 7.36. The van der Waals surface area contributed by atoms with Crippen LogP contribution in [0.1, 0.15) is 13.3 Å². The summed E-state index contributed by atoms with van der Waals surface area (Å²) < 4.78 is 5.61. The number of ether oxygens (including phenoxy) is 1. The van der Waals surface area contributed by atoms with Gasteiger partial charge in [-0.25, -0.2) is 0 Å². The van der Waals surface area contributed by atoms with Crippen LogP contribution >= 0.6 is 11.8 Å². The van der Waals surface area contributed by atoms with Gasteiger partial charge in [0.25, 0.3) is 0 Å². The van der Waals surface area contributed by atoms with E-state index in [9.17, 15) is 0 Å². The van der Waals surface area contributed by atoms with Crippen molar-refractivity contribution in [2.45, 2.75) is 13.3 Å². The Morgan fingerprint density at radius 2 is 2.00 bits per heavy atom. The lowest BCUT2D eigenvalue weighted by Gasteiger charge is -2.06. The second kappa shape index (κ2) is 7.46. The first kappa shape index (κ1) is 12.2. The fraction of sp³-hybridized carbons (Fsp3) is 0.500. The standard InChI is InChI=1S/C12H19NOS/c1-3-15-10-4-9-14-12-7-5-11(13-2)6-8-12/h5-8,13H,3-4,9-10H2,1-2H3. The third kappa shape index (κ3) is 4.98. The molecule has 0 aromatic heterocycles. The smallest absolute Gasteiger partial charge is 0.119 e. The minimum absolute atomic E-state index is 0.811. The van der Waals surface area contributed by atoms with E-state index in [2.05, 4.69) is 12.2 Å². The molecule has 1 rings (SSSR count). The summed E-state index contributed by atoms with van der Waals surface area (Å²) in [5, 5.41) is 3.08. The number of anilines is 1. The van der Waals surface area contributed by atoms with Gasteiger partial charge in [-0.15, -0.1) is 0 Å². The molecular formula is C12H19NOS. The van der Waals surface area contributed by atoms with Crippen molar-refractivity contribution in [1.29, 1.82) is 0 Å². The van der Waals surface area contributed by atoms with Crippen molar-refractivity contribution in [2.24, 2.45) is 0 Å². The molecule has 1 aromatic carbocycles. The van der Waals surface area contributed by atoms with E-state index in [4.69, 9.17) is 4.74 Å². The molecule has 0 atom stereocenters. The molecule has 1 N–H and O–H groups in total. The maximum atomic E-state index is 5.61. The fourth-order valence-corrected chi connectivity index (χ4v) is 1.82. The molecule has 0 saturated carbocycles. The lowest BCUT2D eigenvalue weighted by molar-refractivity contribution is 0.319. The van der Waals surface area contributed by atoms with E-state index in [1.165, 1.54) is 11.5 Å². The second-order valence-electron chi connectivity index (χ2n) is 3.17. The van der Waals surface area contributed by atoms with Crippen molar-refractivity contribution >= 4 is 17.4 Å². The minimum Gasteiger partial charge on any atom is -0.494 e. The molecule has 2 nitrogen and oxygen atoms in total. The van der Waals surface area contributed by atoms with E-state index in [1.807, 2.05) is 43.1 Å². The zero-order chi connectivity index (χ0) is 10.9. The molecule has 1 aromatic rings. The topological polar surface area (TPSA) is 21.3 Å². The minimum atomic E-state index is 0.811. The highest BCUT2D eigenvalue weighted by Gasteiger charge is 1.94. The average Bonchev–Trinajstić information content (AvgIpc) is 2.30. The number of rotatable bonds is 7. The first-order valence-electron chi connectivity index (χ1n) is 5.35. The van der Waals surface area contributed by atoms with Crippen LogP contribution in [0.25, 0.3) is 0 Å². The normalized spacial score (nSPS) is 10.0. The van der Waals surface area contributed by atoms with Crippen LogP contribution in [0.15, 0.2) is 24.3 Å². The fourth-order valence-electron chi connectivity index (χ4n) is 1.21. The molecule has 0 saturated heterocycles. The highest BCUT2D eigenvalue weighted by atomic mass is 32.2. The van der Waals surface area contributed by atoms with Gasteiger partial charge >= 0.3 is 0 Å². The van der Waals surface area contributed by atoms with Gasteiger partial charge in [0.1, 0.15) is 5.75 Å². The van der Waals surface area contributed by atoms with Crippen molar-refractivity contribution in [1.82, 2.24) is 0 Å². The molecular weight excluding hydrogens is 206 g/mol. The van der Waals surface area contributed by atoms with Gasteiger partial charge in [-0.3, -0.25) is 0 Å². The number of hydrogen-bond donors (Lipinski definition) is 1. The van der Waals surface area contributed by atoms with Crippen LogP contribution in [0, 0.1) is 0 Å². The summed E-state index contributed by atoms with van der Waals surface area (Å²) in [4.78, 5) is 0. The molecule has 0 heterocycles. The number of nitrogens with one attached hydrogen (secondary N) is 1. The monoisotopic (exact) mass is 225 g/mol. The van der Waals surface area contributed by atoms with Crippen LogP contribution in [0.3, 0.4) is 0 Å². The van der Waals surface area contributed by atoms with Crippen molar-refractivity contribution in [3.8, 4) is 5.75 Å². The Morgan fingerprint density at radius 3 is 2.60 bits per heavy atom. The van der Waals surface area contributed by atoms with Crippen molar-refractivity contribution in [2.75, 3.05) is 30.5 Å². The van der Waals surface area contributed by atoms with Crippen LogP contribution < -0.4 is 10.1 Å². The lowest BCUT2D eigenvalue weighted by Crippen LogP contribution is -1.99. The molecule has 0 amide bonds. The SMILES string of the molecule is CCSCCCOc1ccc(NC)cc1. The maximum Gasteiger partial charge on any atom is 0.119 e. The van der Waals surface area contributed by atoms with Gasteiger partial charge in [0.05, 0.1) is 6.61 Å². The predicted molar refractivity (Wildman–Crippen MR) is 69.1 cm³/mol. The molecule has 15 heavy (non-hydrogen) atoms. The van der Waals surface area contributed by atoms with Crippen LogP contribution in [0.4, 0.5) is 5.69 Å². The summed E-state index contributed by atoms with van der Waals surface area (Å²) >= 11 is 1.96. The van der Waals surface area contributed by atoms with Crippen LogP contribution in [-0.4, -0.2) is 25.2 Å². The predicted octanol–water partition coefficient (Wildman–Crippen LogP) is 3.25. The first-order valence-corrected chi connectivity index (χ1v) is 6.50. The molecule has 0 bridgehead atoms. The van der Waals surface area contributed by atoms with Crippen LogP contribution in [-0.2, 0) is 0 Å². The van der Waals surface area contributed by atoms with Gasteiger partial charge in [-0.1, -0.05) is 6.92 Å². The average molecular weight is 225 g/mol. The Morgan fingerprint density at radius 1 is 1.27 bits per heavy atom. The summed E-state index contributed by atoms with van der Waals surface area (Å²) in [5.74, 6) is 3.33. The Labute approximate surface area is 96.4 Å². The van der Waals surface area contributed by atoms with Gasteiger partial charge in [0, 0.05) is 12.7 Å². The molecule has 3 heteroatoms.